The van der Waals surface area contributed by atoms with Gasteiger partial charge in [-0.25, -0.2) is 8.42 Å². The summed E-state index contributed by atoms with van der Waals surface area (Å²) in [6, 6.07) is 4.79. The van der Waals surface area contributed by atoms with Gasteiger partial charge in [-0.15, -0.1) is 0 Å². The molecule has 0 saturated carbocycles. The SMILES string of the molecule is CCOc1ccc(NS(=O)(=O)CC(N)=S)cc1OCC. The zero-order valence-corrected chi connectivity index (χ0v) is 13.0. The molecule has 3 N–H and O–H groups in total. The van der Waals surface area contributed by atoms with Crippen LogP contribution in [0.4, 0.5) is 5.69 Å². The van der Waals surface area contributed by atoms with Crippen molar-refractivity contribution in [2.24, 2.45) is 5.73 Å². The first kappa shape index (κ1) is 16.5. The molecule has 0 amide bonds. The summed E-state index contributed by atoms with van der Waals surface area (Å²) in [5, 5.41) is 0. The van der Waals surface area contributed by atoms with Crippen LogP contribution in [0.25, 0.3) is 0 Å². The fourth-order valence-corrected chi connectivity index (χ4v) is 2.92. The Bertz CT molecular complexity index is 573. The maximum absolute atomic E-state index is 11.7. The van der Waals surface area contributed by atoms with Crippen molar-refractivity contribution in [1.82, 2.24) is 0 Å². The summed E-state index contributed by atoms with van der Waals surface area (Å²) in [7, 11) is -3.60. The van der Waals surface area contributed by atoms with Gasteiger partial charge in [0.05, 0.1) is 23.9 Å². The molecule has 0 atom stereocenters. The minimum Gasteiger partial charge on any atom is -0.490 e. The zero-order valence-electron chi connectivity index (χ0n) is 11.4. The van der Waals surface area contributed by atoms with E-state index in [0.717, 1.165) is 0 Å². The van der Waals surface area contributed by atoms with E-state index in [4.69, 9.17) is 15.2 Å². The lowest BCUT2D eigenvalue weighted by molar-refractivity contribution is 0.288. The highest BCUT2D eigenvalue weighted by Gasteiger charge is 2.14. The van der Waals surface area contributed by atoms with Gasteiger partial charge in [0.15, 0.2) is 11.5 Å². The summed E-state index contributed by atoms with van der Waals surface area (Å²) >= 11 is 4.60. The van der Waals surface area contributed by atoms with Crippen LogP contribution < -0.4 is 19.9 Å². The number of hydrogen-bond donors (Lipinski definition) is 2. The number of nitrogens with two attached hydrogens (primary N) is 1. The minimum atomic E-state index is -3.60. The standard InChI is InChI=1S/C12H18N2O4S2/c1-3-17-10-6-5-9(7-11(10)18-4-2)14-20(15,16)8-12(13)19/h5-7,14H,3-4,8H2,1-2H3,(H2,13,19). The molecule has 0 saturated heterocycles. The summed E-state index contributed by atoms with van der Waals surface area (Å²) in [4.78, 5) is -0.0894. The van der Waals surface area contributed by atoms with Gasteiger partial charge >= 0.3 is 0 Å². The lowest BCUT2D eigenvalue weighted by Gasteiger charge is -2.13. The number of rotatable bonds is 8. The van der Waals surface area contributed by atoms with Crippen molar-refractivity contribution in [3.8, 4) is 11.5 Å². The maximum Gasteiger partial charge on any atom is 0.239 e. The Balaban J connectivity index is 2.97. The van der Waals surface area contributed by atoms with E-state index < -0.39 is 15.8 Å². The Morgan fingerprint density at radius 1 is 1.25 bits per heavy atom. The lowest BCUT2D eigenvalue weighted by Crippen LogP contribution is -2.26. The molecule has 0 heterocycles. The minimum absolute atomic E-state index is 0.0894. The van der Waals surface area contributed by atoms with Gasteiger partial charge in [0, 0.05) is 6.07 Å². The van der Waals surface area contributed by atoms with Crippen molar-refractivity contribution >= 4 is 32.9 Å². The molecule has 0 aliphatic carbocycles. The van der Waals surface area contributed by atoms with Crippen molar-refractivity contribution in [3.63, 3.8) is 0 Å². The largest absolute Gasteiger partial charge is 0.490 e. The average molecular weight is 318 g/mol. The van der Waals surface area contributed by atoms with Crippen LogP contribution in [-0.2, 0) is 10.0 Å². The molecule has 1 aromatic carbocycles. The number of anilines is 1. The third kappa shape index (κ3) is 5.22. The van der Waals surface area contributed by atoms with Crippen molar-refractivity contribution < 1.29 is 17.9 Å². The molecule has 0 fully saturated rings. The van der Waals surface area contributed by atoms with Crippen LogP contribution in [0.2, 0.25) is 0 Å². The van der Waals surface area contributed by atoms with E-state index in [1.54, 1.807) is 18.2 Å². The molecular weight excluding hydrogens is 300 g/mol. The van der Waals surface area contributed by atoms with Crippen molar-refractivity contribution in [2.75, 3.05) is 23.7 Å². The highest BCUT2D eigenvalue weighted by atomic mass is 32.2. The number of hydrogen-bond acceptors (Lipinski definition) is 5. The van der Waals surface area contributed by atoms with Gasteiger partial charge in [0.25, 0.3) is 0 Å². The zero-order chi connectivity index (χ0) is 15.2. The molecule has 112 valence electrons. The van der Waals surface area contributed by atoms with Crippen LogP contribution in [0.15, 0.2) is 18.2 Å². The summed E-state index contributed by atoms with van der Waals surface area (Å²) in [5.41, 5.74) is 5.61. The number of nitrogens with one attached hydrogen (secondary N) is 1. The molecule has 0 unspecified atom stereocenters. The van der Waals surface area contributed by atoms with Gasteiger partial charge in [-0.1, -0.05) is 12.2 Å². The first-order valence-corrected chi connectivity index (χ1v) is 8.12. The van der Waals surface area contributed by atoms with Gasteiger partial charge in [0.1, 0.15) is 5.75 Å². The summed E-state index contributed by atoms with van der Waals surface area (Å²) < 4.78 is 36.7. The van der Waals surface area contributed by atoms with Crippen molar-refractivity contribution in [1.29, 1.82) is 0 Å². The molecule has 8 heteroatoms. The second-order valence-corrected chi connectivity index (χ2v) is 6.10. The van der Waals surface area contributed by atoms with Crippen LogP contribution in [-0.4, -0.2) is 32.4 Å². The number of benzene rings is 1. The highest BCUT2D eigenvalue weighted by molar-refractivity contribution is 7.95. The number of sulfonamides is 1. The number of ether oxygens (including phenoxy) is 2. The molecule has 0 spiro atoms. The molecule has 6 nitrogen and oxygen atoms in total. The maximum atomic E-state index is 11.7. The third-order valence-corrected chi connectivity index (χ3v) is 3.71. The van der Waals surface area contributed by atoms with Gasteiger partial charge in [-0.2, -0.15) is 0 Å². The number of thiocarbonyl (C=S) groups is 1. The van der Waals surface area contributed by atoms with E-state index in [-0.39, 0.29) is 4.99 Å². The Labute approximate surface area is 124 Å². The smallest absolute Gasteiger partial charge is 0.239 e. The Morgan fingerprint density at radius 3 is 2.40 bits per heavy atom. The first-order chi connectivity index (χ1) is 9.38. The van der Waals surface area contributed by atoms with Gasteiger partial charge in [0.2, 0.25) is 10.0 Å². The summed E-state index contributed by atoms with van der Waals surface area (Å²) in [6.07, 6.45) is 0. The molecule has 0 aromatic heterocycles. The van der Waals surface area contributed by atoms with E-state index >= 15 is 0 Å². The van der Waals surface area contributed by atoms with Crippen molar-refractivity contribution in [3.05, 3.63) is 18.2 Å². The van der Waals surface area contributed by atoms with E-state index in [0.29, 0.717) is 30.4 Å². The van der Waals surface area contributed by atoms with Crippen LogP contribution in [0, 0.1) is 0 Å². The first-order valence-electron chi connectivity index (χ1n) is 6.06. The van der Waals surface area contributed by atoms with Crippen molar-refractivity contribution in [2.45, 2.75) is 13.8 Å². The normalized spacial score (nSPS) is 10.9. The second-order valence-electron chi connectivity index (χ2n) is 3.86. The van der Waals surface area contributed by atoms with Gasteiger partial charge in [-0.3, -0.25) is 4.72 Å². The van der Waals surface area contributed by atoms with E-state index in [9.17, 15) is 8.42 Å². The van der Waals surface area contributed by atoms with E-state index in [1.165, 1.54) is 0 Å². The third-order valence-electron chi connectivity index (χ3n) is 2.15. The fourth-order valence-electron chi connectivity index (χ4n) is 1.52. The molecule has 1 rings (SSSR count). The monoisotopic (exact) mass is 318 g/mol. The second kappa shape index (κ2) is 7.30. The predicted octanol–water partition coefficient (Wildman–Crippen LogP) is 1.51. The van der Waals surface area contributed by atoms with Crippen LogP contribution >= 0.6 is 12.2 Å². The summed E-state index contributed by atoms with van der Waals surface area (Å²) in [6.45, 7) is 4.63. The topological polar surface area (TPSA) is 90.7 Å². The molecule has 0 radical (unpaired) electrons. The molecule has 0 aliphatic rings. The summed E-state index contributed by atoms with van der Waals surface area (Å²) in [5.74, 6) is 0.635. The fraction of sp³-hybridized carbons (Fsp3) is 0.417. The van der Waals surface area contributed by atoms with E-state index in [1.807, 2.05) is 13.8 Å². The quantitative estimate of drug-likeness (QED) is 0.706. The van der Waals surface area contributed by atoms with E-state index in [2.05, 4.69) is 16.9 Å². The van der Waals surface area contributed by atoms with Crippen LogP contribution in [0.5, 0.6) is 11.5 Å². The molecule has 1 aromatic rings. The molecule has 20 heavy (non-hydrogen) atoms. The predicted molar refractivity (Wildman–Crippen MR) is 83.0 cm³/mol. The molecular formula is C12H18N2O4S2. The van der Waals surface area contributed by atoms with Crippen LogP contribution in [0.1, 0.15) is 13.8 Å². The van der Waals surface area contributed by atoms with Crippen LogP contribution in [0.3, 0.4) is 0 Å². The molecule has 0 aliphatic heterocycles. The molecule has 0 bridgehead atoms. The van der Waals surface area contributed by atoms with Gasteiger partial charge < -0.3 is 15.2 Å². The Kier molecular flexibility index (Phi) is 6.03. The lowest BCUT2D eigenvalue weighted by atomic mass is 10.3. The van der Waals surface area contributed by atoms with Gasteiger partial charge in [-0.05, 0) is 26.0 Å². The Hall–Kier alpha value is -1.54. The highest BCUT2D eigenvalue weighted by Crippen LogP contribution is 2.30. The average Bonchev–Trinajstić information content (AvgIpc) is 2.30. The Morgan fingerprint density at radius 2 is 1.85 bits per heavy atom.